The number of aldehydes is 1. The molecule has 0 aromatic rings. The third-order valence-corrected chi connectivity index (χ3v) is 11.4. The summed E-state index contributed by atoms with van der Waals surface area (Å²) in [5.41, 5.74) is 0. The summed E-state index contributed by atoms with van der Waals surface area (Å²) in [5, 5.41) is 0. The lowest BCUT2D eigenvalue weighted by Crippen LogP contribution is -2.26. The Labute approximate surface area is 257 Å². The minimum atomic E-state index is -0.0354. The quantitative estimate of drug-likeness (QED) is 0.129. The zero-order chi connectivity index (χ0) is 30.2. The predicted molar refractivity (Wildman–Crippen MR) is 170 cm³/mol. The van der Waals surface area contributed by atoms with E-state index in [1.807, 2.05) is 13.8 Å². The first kappa shape index (κ1) is 34.8. The summed E-state index contributed by atoms with van der Waals surface area (Å²) in [4.78, 5) is 33.7. The Morgan fingerprint density at radius 2 is 0.905 bits per heavy atom. The molecule has 4 aliphatic rings. The molecule has 0 aromatic heterocycles. The van der Waals surface area contributed by atoms with Gasteiger partial charge in [-0.25, -0.2) is 0 Å². The minimum Gasteiger partial charge on any atom is -0.466 e. The molecule has 0 atom stereocenters. The SMILES string of the molecule is C=CC1CCC(C2CCC(CCC(=O)OCC)CC2)CC1.CCOC(=O)CCC1CCC(C2CCC(C=O)CC2)CC1. The normalized spacial score (nSPS) is 33.4. The topological polar surface area (TPSA) is 69.7 Å². The second-order valence-electron chi connectivity index (χ2n) is 14.0. The van der Waals surface area contributed by atoms with Crippen LogP contribution in [0.15, 0.2) is 12.7 Å². The predicted octanol–water partition coefficient (Wildman–Crippen LogP) is 9.27. The molecular formula is C37H62O5. The van der Waals surface area contributed by atoms with Gasteiger partial charge in [-0.2, -0.15) is 0 Å². The Hall–Kier alpha value is -1.65. The van der Waals surface area contributed by atoms with Crippen molar-refractivity contribution in [1.29, 1.82) is 0 Å². The van der Waals surface area contributed by atoms with Crippen molar-refractivity contribution in [1.82, 2.24) is 0 Å². The third kappa shape index (κ3) is 12.2. The first-order valence-corrected chi connectivity index (χ1v) is 17.8. The van der Waals surface area contributed by atoms with Crippen molar-refractivity contribution in [2.24, 2.45) is 47.3 Å². The van der Waals surface area contributed by atoms with E-state index in [9.17, 15) is 14.4 Å². The van der Waals surface area contributed by atoms with E-state index in [-0.39, 0.29) is 11.9 Å². The highest BCUT2D eigenvalue weighted by Gasteiger charge is 2.32. The maximum absolute atomic E-state index is 11.4. The van der Waals surface area contributed by atoms with Gasteiger partial charge in [0.2, 0.25) is 0 Å². The summed E-state index contributed by atoms with van der Waals surface area (Å²) in [6.07, 6.45) is 27.4. The number of ether oxygens (including phenoxy) is 2. The summed E-state index contributed by atoms with van der Waals surface area (Å²) < 4.78 is 10.0. The van der Waals surface area contributed by atoms with E-state index < -0.39 is 0 Å². The average Bonchev–Trinajstić information content (AvgIpc) is 3.04. The molecule has 0 saturated heterocycles. The Balaban J connectivity index is 0.000000230. The van der Waals surface area contributed by atoms with Crippen molar-refractivity contribution < 1.29 is 23.9 Å². The van der Waals surface area contributed by atoms with Gasteiger partial charge in [-0.05, 0) is 145 Å². The molecule has 5 heteroatoms. The molecule has 0 unspecified atom stereocenters. The molecule has 0 spiro atoms. The molecule has 0 aliphatic heterocycles. The fourth-order valence-corrected chi connectivity index (χ4v) is 8.61. The zero-order valence-corrected chi connectivity index (χ0v) is 27.1. The molecule has 4 aliphatic carbocycles. The van der Waals surface area contributed by atoms with Crippen LogP contribution in [0.2, 0.25) is 0 Å². The second kappa shape index (κ2) is 19.6. The average molecular weight is 587 g/mol. The molecule has 0 heterocycles. The van der Waals surface area contributed by atoms with E-state index in [1.54, 1.807) is 0 Å². The van der Waals surface area contributed by atoms with Crippen LogP contribution in [0.5, 0.6) is 0 Å². The van der Waals surface area contributed by atoms with Gasteiger partial charge in [0.25, 0.3) is 0 Å². The van der Waals surface area contributed by atoms with Crippen LogP contribution in [0, 0.1) is 47.3 Å². The maximum atomic E-state index is 11.4. The van der Waals surface area contributed by atoms with E-state index in [0.29, 0.717) is 32.0 Å². The van der Waals surface area contributed by atoms with Gasteiger partial charge in [0.1, 0.15) is 6.29 Å². The van der Waals surface area contributed by atoms with Crippen LogP contribution in [0.3, 0.4) is 0 Å². The molecule has 0 amide bonds. The van der Waals surface area contributed by atoms with E-state index in [1.165, 1.54) is 89.9 Å². The van der Waals surface area contributed by atoms with Gasteiger partial charge in [-0.15, -0.1) is 6.58 Å². The Kier molecular flexibility index (Phi) is 16.2. The highest BCUT2D eigenvalue weighted by atomic mass is 16.5. The van der Waals surface area contributed by atoms with Crippen LogP contribution in [0.4, 0.5) is 0 Å². The van der Waals surface area contributed by atoms with Gasteiger partial charge in [0, 0.05) is 18.8 Å². The second-order valence-corrected chi connectivity index (χ2v) is 14.0. The lowest BCUT2D eigenvalue weighted by atomic mass is 9.69. The standard InChI is InChI=1S/C19H32O2.C18H30O3/c1-3-15-5-10-17(11-6-15)18-12-7-16(8-13-18)9-14-19(20)21-4-2;1-2-21-18(20)12-7-14-3-8-16(9-4-14)17-10-5-15(13-19)6-11-17/h3,15-18H,1,4-14H2,2H3;13-17H,2-12H2,1H3. The van der Waals surface area contributed by atoms with Crippen LogP contribution in [-0.2, 0) is 23.9 Å². The molecule has 42 heavy (non-hydrogen) atoms. The molecule has 0 N–H and O–H groups in total. The fraction of sp³-hybridized carbons (Fsp3) is 0.865. The molecule has 240 valence electrons. The smallest absolute Gasteiger partial charge is 0.305 e. The van der Waals surface area contributed by atoms with Crippen molar-refractivity contribution in [3.8, 4) is 0 Å². The van der Waals surface area contributed by atoms with Gasteiger partial charge in [0.05, 0.1) is 13.2 Å². The van der Waals surface area contributed by atoms with E-state index in [4.69, 9.17) is 9.47 Å². The van der Waals surface area contributed by atoms with Crippen molar-refractivity contribution in [3.05, 3.63) is 12.7 Å². The fourth-order valence-electron chi connectivity index (χ4n) is 8.61. The molecule has 0 bridgehead atoms. The van der Waals surface area contributed by atoms with Crippen LogP contribution >= 0.6 is 0 Å². The molecule has 4 saturated carbocycles. The summed E-state index contributed by atoms with van der Waals surface area (Å²) in [7, 11) is 0. The largest absolute Gasteiger partial charge is 0.466 e. The van der Waals surface area contributed by atoms with Crippen LogP contribution < -0.4 is 0 Å². The Morgan fingerprint density at radius 3 is 1.21 bits per heavy atom. The molecule has 4 fully saturated rings. The van der Waals surface area contributed by atoms with Crippen LogP contribution in [-0.4, -0.2) is 31.4 Å². The van der Waals surface area contributed by atoms with E-state index >= 15 is 0 Å². The highest BCUT2D eigenvalue weighted by molar-refractivity contribution is 5.69. The van der Waals surface area contributed by atoms with Crippen molar-refractivity contribution in [2.45, 2.75) is 142 Å². The summed E-state index contributed by atoms with van der Waals surface area (Å²) in [5.74, 6) is 6.19. The van der Waals surface area contributed by atoms with Crippen LogP contribution in [0.25, 0.3) is 0 Å². The highest BCUT2D eigenvalue weighted by Crippen LogP contribution is 2.43. The number of allylic oxidation sites excluding steroid dienone is 1. The van der Waals surface area contributed by atoms with Gasteiger partial charge in [-0.1, -0.05) is 31.8 Å². The number of hydrogen-bond donors (Lipinski definition) is 0. The van der Waals surface area contributed by atoms with Gasteiger partial charge < -0.3 is 14.3 Å². The molecule has 0 radical (unpaired) electrons. The van der Waals surface area contributed by atoms with Gasteiger partial charge in [-0.3, -0.25) is 9.59 Å². The number of rotatable bonds is 12. The summed E-state index contributed by atoms with van der Waals surface area (Å²) >= 11 is 0. The summed E-state index contributed by atoms with van der Waals surface area (Å²) in [6.45, 7) is 8.69. The van der Waals surface area contributed by atoms with Crippen molar-refractivity contribution >= 4 is 18.2 Å². The monoisotopic (exact) mass is 586 g/mol. The van der Waals surface area contributed by atoms with Crippen LogP contribution in [0.1, 0.15) is 142 Å². The number of carbonyl (C=O) groups is 3. The maximum Gasteiger partial charge on any atom is 0.305 e. The molecule has 5 nitrogen and oxygen atoms in total. The van der Waals surface area contributed by atoms with Gasteiger partial charge >= 0.3 is 11.9 Å². The Morgan fingerprint density at radius 1 is 0.571 bits per heavy atom. The lowest BCUT2D eigenvalue weighted by Gasteiger charge is -2.37. The summed E-state index contributed by atoms with van der Waals surface area (Å²) in [6, 6.07) is 0. The molecule has 4 rings (SSSR count). The van der Waals surface area contributed by atoms with Gasteiger partial charge in [0.15, 0.2) is 0 Å². The first-order valence-electron chi connectivity index (χ1n) is 17.8. The molecule has 0 aromatic carbocycles. The number of hydrogen-bond acceptors (Lipinski definition) is 5. The van der Waals surface area contributed by atoms with Crippen molar-refractivity contribution in [3.63, 3.8) is 0 Å². The van der Waals surface area contributed by atoms with E-state index in [2.05, 4.69) is 12.7 Å². The number of esters is 2. The minimum absolute atomic E-state index is 0.0117. The first-order chi connectivity index (χ1) is 20.4. The van der Waals surface area contributed by atoms with E-state index in [0.717, 1.165) is 73.4 Å². The zero-order valence-electron chi connectivity index (χ0n) is 27.1. The molecular weight excluding hydrogens is 524 g/mol. The third-order valence-electron chi connectivity index (χ3n) is 11.4. The number of carbonyl (C=O) groups excluding carboxylic acids is 3. The lowest BCUT2D eigenvalue weighted by molar-refractivity contribution is -0.144. The van der Waals surface area contributed by atoms with Crippen molar-refractivity contribution in [2.75, 3.05) is 13.2 Å². The Bertz CT molecular complexity index is 710.